The van der Waals surface area contributed by atoms with E-state index >= 15 is 0 Å². The van der Waals surface area contributed by atoms with Crippen molar-refractivity contribution in [2.45, 2.75) is 82.6 Å². The first-order chi connectivity index (χ1) is 23.1. The molecule has 6 aliphatic rings. The number of likely N-dealkylation sites (tertiary alicyclic amines) is 3. The highest BCUT2D eigenvalue weighted by Gasteiger charge is 2.55. The molecule has 1 aliphatic carbocycles. The Labute approximate surface area is 292 Å². The quantitative estimate of drug-likeness (QED) is 0.326. The highest BCUT2D eigenvalue weighted by Crippen LogP contribution is 2.56. The topological polar surface area (TPSA) is 85.8 Å². The van der Waals surface area contributed by atoms with Gasteiger partial charge < -0.3 is 14.5 Å². The summed E-state index contributed by atoms with van der Waals surface area (Å²) in [7, 11) is 0. The molecule has 10 nitrogen and oxygen atoms in total. The normalized spacial score (nSPS) is 28.6. The van der Waals surface area contributed by atoms with Crippen LogP contribution in [0.4, 0.5) is 5.82 Å². The first-order valence-corrected chi connectivity index (χ1v) is 18.5. The van der Waals surface area contributed by atoms with Crippen LogP contribution in [0.5, 0.6) is 0 Å². The minimum atomic E-state index is -0.0978. The van der Waals surface area contributed by atoms with Gasteiger partial charge in [-0.3, -0.25) is 24.4 Å². The summed E-state index contributed by atoms with van der Waals surface area (Å²) in [5.41, 5.74) is 4.00. The van der Waals surface area contributed by atoms with Crippen LogP contribution in [-0.4, -0.2) is 117 Å². The molecule has 1 aromatic carbocycles. The molecule has 48 heavy (non-hydrogen) atoms. The van der Waals surface area contributed by atoms with Crippen LogP contribution >= 0.6 is 23.2 Å². The van der Waals surface area contributed by atoms with Crippen LogP contribution in [0.25, 0.3) is 22.0 Å². The van der Waals surface area contributed by atoms with Crippen molar-refractivity contribution in [3.63, 3.8) is 0 Å². The summed E-state index contributed by atoms with van der Waals surface area (Å²) in [6, 6.07) is 4.21. The third-order valence-electron chi connectivity index (χ3n) is 12.8. The molecule has 2 aromatic heterocycles. The average Bonchev–Trinajstić information content (AvgIpc) is 3.65. The van der Waals surface area contributed by atoms with Gasteiger partial charge in [-0.05, 0) is 70.9 Å². The maximum absolute atomic E-state index is 12.2. The summed E-state index contributed by atoms with van der Waals surface area (Å²) in [5, 5.41) is 14.9. The minimum absolute atomic E-state index is 0.0252. The monoisotopic (exact) mass is 692 g/mol. The number of amides is 1. The van der Waals surface area contributed by atoms with Crippen LogP contribution in [0.1, 0.15) is 57.7 Å². The molecule has 7 heterocycles. The molecular formula is C36H46Cl2N8O2. The summed E-state index contributed by atoms with van der Waals surface area (Å²) >= 11 is 13.8. The molecule has 3 atom stereocenters. The Kier molecular flexibility index (Phi) is 7.31. The molecule has 256 valence electrons. The number of piperidine rings is 1. The predicted molar refractivity (Wildman–Crippen MR) is 189 cm³/mol. The number of aromatic amines is 1. The van der Waals surface area contributed by atoms with Crippen molar-refractivity contribution in [3.05, 3.63) is 40.7 Å². The van der Waals surface area contributed by atoms with Gasteiger partial charge in [-0.15, -0.1) is 0 Å². The first-order valence-electron chi connectivity index (χ1n) is 17.7. The Morgan fingerprint density at radius 1 is 1.10 bits per heavy atom. The van der Waals surface area contributed by atoms with E-state index in [1.807, 2.05) is 17.2 Å². The van der Waals surface area contributed by atoms with Crippen molar-refractivity contribution in [2.75, 3.05) is 57.4 Å². The second-order valence-electron chi connectivity index (χ2n) is 16.2. The highest BCUT2D eigenvalue weighted by molar-refractivity contribution is 6.45. The number of H-pyrrole nitrogens is 1. The van der Waals surface area contributed by atoms with Crippen molar-refractivity contribution in [3.8, 4) is 11.1 Å². The minimum Gasteiger partial charge on any atom is -0.378 e. The van der Waals surface area contributed by atoms with Gasteiger partial charge in [0, 0.05) is 84.5 Å². The Bertz CT molecular complexity index is 1780. The summed E-state index contributed by atoms with van der Waals surface area (Å²) < 4.78 is 7.75. The fourth-order valence-corrected chi connectivity index (χ4v) is 10.7. The molecule has 1 N–H and O–H groups in total. The number of carbonyl (C=O) groups is 1. The second-order valence-corrected chi connectivity index (χ2v) is 17.0. The molecule has 0 radical (unpaired) electrons. The van der Waals surface area contributed by atoms with Gasteiger partial charge in [0.15, 0.2) is 5.82 Å². The lowest BCUT2D eigenvalue weighted by atomic mass is 9.60. The second kappa shape index (κ2) is 11.2. The van der Waals surface area contributed by atoms with Crippen molar-refractivity contribution >= 4 is 45.8 Å². The van der Waals surface area contributed by atoms with Gasteiger partial charge >= 0.3 is 0 Å². The number of nitrogens with zero attached hydrogens (tertiary/aromatic N) is 7. The predicted octanol–water partition coefficient (Wildman–Crippen LogP) is 5.54. The van der Waals surface area contributed by atoms with E-state index in [1.165, 1.54) is 32.1 Å². The fourth-order valence-electron chi connectivity index (χ4n) is 10.3. The number of fused-ring (bicyclic) bond motifs is 2. The Morgan fingerprint density at radius 2 is 1.90 bits per heavy atom. The van der Waals surface area contributed by atoms with Gasteiger partial charge in [-0.1, -0.05) is 29.8 Å². The number of anilines is 1. The molecule has 1 spiro atoms. The van der Waals surface area contributed by atoms with Crippen LogP contribution in [0.2, 0.25) is 10.0 Å². The van der Waals surface area contributed by atoms with Gasteiger partial charge in [0.2, 0.25) is 5.91 Å². The Morgan fingerprint density at radius 3 is 2.60 bits per heavy atom. The standard InChI is InChI=1S/C36H46Cl2N8O2/c1-5-30(47)43-19-36(20-43)12-23(13-36)46-21(2)31(32-25-14-39-40-27(25)10-26(37)33(32)38)34(41-46)45-9-6-22(11-35(45,3)4)15-42-16-29-28(42)7-8-44(29)24-17-48-18-24/h5,10,14,22-24,28-29H,1,6-9,11-13,15-20H2,2-4H3,(H,39,40)/t22-,28?,29?/m1/s1. The number of halogens is 2. The van der Waals surface area contributed by atoms with Crippen molar-refractivity contribution in [1.82, 2.24) is 34.7 Å². The van der Waals surface area contributed by atoms with E-state index < -0.39 is 0 Å². The molecule has 6 fully saturated rings. The lowest BCUT2D eigenvalue weighted by molar-refractivity contribution is -0.149. The molecule has 2 unspecified atom stereocenters. The largest absolute Gasteiger partial charge is 0.378 e. The number of hydrogen-bond acceptors (Lipinski definition) is 7. The van der Waals surface area contributed by atoms with E-state index in [0.717, 1.165) is 98.1 Å². The number of benzene rings is 1. The van der Waals surface area contributed by atoms with Crippen LogP contribution in [0.3, 0.4) is 0 Å². The third-order valence-corrected chi connectivity index (χ3v) is 13.6. The maximum Gasteiger partial charge on any atom is 0.245 e. The Hall–Kier alpha value is -2.63. The summed E-state index contributed by atoms with van der Waals surface area (Å²) in [6.45, 7) is 18.6. The SMILES string of the molecule is C=CC(=O)N1CC2(CC(n3nc(N4CC[C@@H](CN5CC6C5CCN6C5COC5)CC4(C)C)c(-c4c(Cl)c(Cl)cc5[nH]ncc45)c3C)C2)C1. The van der Waals surface area contributed by atoms with Crippen molar-refractivity contribution in [1.29, 1.82) is 0 Å². The maximum atomic E-state index is 12.2. The zero-order valence-corrected chi connectivity index (χ0v) is 29.7. The molecule has 12 heteroatoms. The highest BCUT2D eigenvalue weighted by atomic mass is 35.5. The lowest BCUT2D eigenvalue weighted by Gasteiger charge is -2.58. The third kappa shape index (κ3) is 4.72. The number of aromatic nitrogens is 4. The molecule has 9 rings (SSSR count). The zero-order chi connectivity index (χ0) is 33.1. The van der Waals surface area contributed by atoms with Gasteiger partial charge in [0.25, 0.3) is 0 Å². The van der Waals surface area contributed by atoms with Crippen molar-refractivity contribution < 1.29 is 9.53 Å². The number of carbonyl (C=O) groups excluding carboxylic acids is 1. The van der Waals surface area contributed by atoms with Gasteiger partial charge in [0.1, 0.15) is 0 Å². The molecule has 0 bridgehead atoms. The molecule has 3 aromatic rings. The van der Waals surface area contributed by atoms with Gasteiger partial charge in [-0.25, -0.2) is 0 Å². The van der Waals surface area contributed by atoms with Crippen molar-refractivity contribution in [2.24, 2.45) is 11.3 Å². The fraction of sp³-hybridized carbons (Fsp3) is 0.639. The van der Waals surface area contributed by atoms with E-state index in [0.29, 0.717) is 28.0 Å². The number of rotatable bonds is 7. The van der Waals surface area contributed by atoms with Gasteiger partial charge in [0.05, 0.1) is 47.1 Å². The molecule has 5 aliphatic heterocycles. The average molecular weight is 694 g/mol. The van der Waals surface area contributed by atoms with Crippen LogP contribution in [0.15, 0.2) is 24.9 Å². The number of ether oxygens (including phenoxy) is 1. The zero-order valence-electron chi connectivity index (χ0n) is 28.2. The van der Waals surface area contributed by atoms with E-state index in [9.17, 15) is 4.79 Å². The van der Waals surface area contributed by atoms with Crippen LogP contribution in [-0.2, 0) is 9.53 Å². The molecule has 1 amide bonds. The summed E-state index contributed by atoms with van der Waals surface area (Å²) in [6.07, 6.45) is 8.82. The molecule has 1 saturated carbocycles. The van der Waals surface area contributed by atoms with Gasteiger partial charge in [-0.2, -0.15) is 10.2 Å². The number of hydrogen-bond donors (Lipinski definition) is 1. The lowest BCUT2D eigenvalue weighted by Crippen LogP contribution is -2.66. The number of nitrogens with one attached hydrogen (secondary N) is 1. The smallest absolute Gasteiger partial charge is 0.245 e. The van der Waals surface area contributed by atoms with E-state index in [4.69, 9.17) is 33.0 Å². The molecular weight excluding hydrogens is 647 g/mol. The van der Waals surface area contributed by atoms with Crippen LogP contribution < -0.4 is 4.90 Å². The Balaban J connectivity index is 0.992. The van der Waals surface area contributed by atoms with E-state index in [-0.39, 0.29) is 22.9 Å². The summed E-state index contributed by atoms with van der Waals surface area (Å²) in [4.78, 5) is 22.1. The molecule has 5 saturated heterocycles. The van der Waals surface area contributed by atoms with Crippen LogP contribution in [0, 0.1) is 18.3 Å². The summed E-state index contributed by atoms with van der Waals surface area (Å²) in [5.74, 6) is 1.66. The first kappa shape index (κ1) is 31.4. The van der Waals surface area contributed by atoms with E-state index in [1.54, 1.807) is 0 Å². The van der Waals surface area contributed by atoms with E-state index in [2.05, 4.69) is 56.9 Å².